The summed E-state index contributed by atoms with van der Waals surface area (Å²) in [6.07, 6.45) is -5.70. The Morgan fingerprint density at radius 1 is 1.10 bits per heavy atom. The number of nitrogens with one attached hydrogen (secondary N) is 2. The summed E-state index contributed by atoms with van der Waals surface area (Å²) in [7, 11) is 0. The number of benzene rings is 1. The number of hydrogen-bond acceptors (Lipinski definition) is 9. The Balaban J connectivity index is 0.00000507. The van der Waals surface area contributed by atoms with E-state index in [4.69, 9.17) is 24.7 Å². The Morgan fingerprint density at radius 3 is 2.23 bits per heavy atom. The van der Waals surface area contributed by atoms with Crippen LogP contribution in [0.2, 0.25) is 0 Å². The molecule has 1 saturated carbocycles. The summed E-state index contributed by atoms with van der Waals surface area (Å²) in [6.45, 7) is 14.9. The van der Waals surface area contributed by atoms with E-state index < -0.39 is 54.0 Å². The molecule has 2 aliphatic rings. The minimum Gasteiger partial charge on any atom is -0.659 e. The number of carbonyl (C=O) groups excluding carboxylic acids is 2. The maximum Gasteiger partial charge on any atom is 0.247 e. The topological polar surface area (TPSA) is 168 Å². The van der Waals surface area contributed by atoms with Crippen LogP contribution in [-0.2, 0) is 65.5 Å². The molecule has 3 rings (SSSR count). The molecule has 40 heavy (non-hydrogen) atoms. The van der Waals surface area contributed by atoms with Crippen molar-refractivity contribution in [2.24, 2.45) is 10.8 Å². The Labute approximate surface area is 295 Å². The average Bonchev–Trinajstić information content (AvgIpc) is 3.29. The summed E-state index contributed by atoms with van der Waals surface area (Å²) >= 11 is 0. The fourth-order valence-corrected chi connectivity index (χ4v) is 3.80. The Bertz CT molecular complexity index is 1050. The minimum atomic E-state index is -1.47. The Kier molecular flexibility index (Phi) is 16.2. The van der Waals surface area contributed by atoms with Crippen LogP contribution in [0.25, 0.3) is 11.8 Å². The van der Waals surface area contributed by atoms with Crippen molar-refractivity contribution in [2.75, 3.05) is 6.79 Å². The predicted octanol–water partition coefficient (Wildman–Crippen LogP) is 2.39. The first-order valence-electron chi connectivity index (χ1n) is 11.8. The van der Waals surface area contributed by atoms with Gasteiger partial charge < -0.3 is 52.2 Å². The fraction of sp³-hybridized carbons (Fsp3) is 0.538. The number of rotatable bonds is 8. The van der Waals surface area contributed by atoms with Crippen molar-refractivity contribution < 1.29 is 126 Å². The minimum absolute atomic E-state index is 0. The van der Waals surface area contributed by atoms with E-state index in [9.17, 15) is 24.9 Å². The smallest absolute Gasteiger partial charge is 0.247 e. The molecule has 1 aliphatic carbocycles. The summed E-state index contributed by atoms with van der Waals surface area (Å²) < 4.78 is 21.3. The van der Waals surface area contributed by atoms with Crippen molar-refractivity contribution in [1.82, 2.24) is 5.32 Å². The van der Waals surface area contributed by atoms with Crippen molar-refractivity contribution >= 4 is 18.1 Å². The molecule has 2 amide bonds. The summed E-state index contributed by atoms with van der Waals surface area (Å²) in [5.41, 5.74) is 7.05. The van der Waals surface area contributed by atoms with Gasteiger partial charge in [-0.25, -0.2) is 0 Å². The van der Waals surface area contributed by atoms with Gasteiger partial charge in [0.15, 0.2) is 5.75 Å². The predicted molar refractivity (Wildman–Crippen MR) is 133 cm³/mol. The SMILES string of the molecule is [CH2-]C(C)(C)C(C)(C)[CH-]Oc1ccc(/C=C(\C)C(=O)N[C@@H]2[C@H](O)[C@@H](O)[C@H]3OCO[C@H]3[C@@H]2O)cc1OC([NH-])=O.[U].[V].[Y]. The zero-order valence-electron chi connectivity index (χ0n) is 23.1. The molecule has 1 aromatic rings. The molecule has 5 N–H and O–H groups in total. The second-order valence-electron chi connectivity index (χ2n) is 10.6. The zero-order chi connectivity index (χ0) is 27.7. The average molecular weight is 897 g/mol. The standard InChI is InChI=1S/C26H36N2O9.U.V.Y/c1-13(23(32)28-17-18(29)20(31)22-21(19(17)30)35-12-36-22)9-14-7-8-15(16(10-14)37-24(27)33)34-11-26(5,6)25(2,3)4;;;/h7-11,17-22,29-31H,2,12H2,1,3-6H3,(H3,27,28,32,33);;;/q-2;;;/p-1/b13-9+;;;/t17-,18+,19-,20-,21+,22-;;;/m1.../s1. The molecule has 11 nitrogen and oxygen atoms in total. The Hall–Kier alpha value is 0.0403. The largest absolute Gasteiger partial charge is 0.659 e. The van der Waals surface area contributed by atoms with Crippen molar-refractivity contribution in [2.45, 2.75) is 71.2 Å². The van der Waals surface area contributed by atoms with E-state index >= 15 is 0 Å². The van der Waals surface area contributed by atoms with Crippen LogP contribution in [0.5, 0.6) is 11.5 Å². The van der Waals surface area contributed by atoms with E-state index in [0.29, 0.717) is 5.56 Å². The van der Waals surface area contributed by atoms with Gasteiger partial charge in [0.05, 0.1) is 6.04 Å². The number of fused-ring (bicyclic) bond motifs is 1. The van der Waals surface area contributed by atoms with Gasteiger partial charge in [0.1, 0.15) is 43.1 Å². The molecule has 2 fully saturated rings. The summed E-state index contributed by atoms with van der Waals surface area (Å²) in [5.74, 6) is -0.422. The van der Waals surface area contributed by atoms with Crippen molar-refractivity contribution in [3.8, 4) is 11.5 Å². The van der Waals surface area contributed by atoms with Gasteiger partial charge in [0.2, 0.25) is 12.0 Å². The van der Waals surface area contributed by atoms with Crippen LogP contribution in [0.3, 0.4) is 0 Å². The van der Waals surface area contributed by atoms with Gasteiger partial charge in [-0.3, -0.25) is 9.59 Å². The number of carbonyl (C=O) groups is 2. The van der Waals surface area contributed by atoms with Crippen molar-refractivity contribution in [3.05, 3.63) is 48.6 Å². The monoisotopic (exact) mass is 897 g/mol. The summed E-state index contributed by atoms with van der Waals surface area (Å²) in [4.78, 5) is 24.2. The first-order valence-corrected chi connectivity index (χ1v) is 11.8. The van der Waals surface area contributed by atoms with Gasteiger partial charge >= 0.3 is 0 Å². The second-order valence-corrected chi connectivity index (χ2v) is 10.6. The molecule has 0 unspecified atom stereocenters. The first-order chi connectivity index (χ1) is 17.1. The van der Waals surface area contributed by atoms with Crippen LogP contribution in [0.1, 0.15) is 40.2 Å². The van der Waals surface area contributed by atoms with Gasteiger partial charge in [-0.15, -0.1) is 0 Å². The Morgan fingerprint density at radius 2 is 1.68 bits per heavy atom. The summed E-state index contributed by atoms with van der Waals surface area (Å²) in [5, 5.41) is 33.8. The number of aliphatic hydroxyl groups excluding tert-OH is 3. The molecule has 2 radical (unpaired) electrons. The second kappa shape index (κ2) is 16.2. The number of hydrogen-bond donors (Lipinski definition) is 4. The van der Waals surface area contributed by atoms with E-state index in [1.54, 1.807) is 18.7 Å². The third-order valence-corrected chi connectivity index (χ3v) is 7.04. The van der Waals surface area contributed by atoms with Crippen LogP contribution in [0.15, 0.2) is 23.8 Å². The van der Waals surface area contributed by atoms with E-state index in [0.717, 1.165) is 0 Å². The van der Waals surface area contributed by atoms with E-state index in [2.05, 4.69) is 12.2 Å². The molecule has 1 aromatic carbocycles. The van der Waals surface area contributed by atoms with E-state index in [1.165, 1.54) is 19.1 Å². The number of aliphatic hydroxyl groups is 3. The summed E-state index contributed by atoms with van der Waals surface area (Å²) in [6, 6.07) is 3.42. The van der Waals surface area contributed by atoms with E-state index in [1.807, 2.05) is 27.7 Å². The maximum atomic E-state index is 12.8. The van der Waals surface area contributed by atoms with Crippen LogP contribution in [0.4, 0.5) is 4.79 Å². The van der Waals surface area contributed by atoms with Crippen LogP contribution >= 0.6 is 0 Å². The van der Waals surface area contributed by atoms with Gasteiger partial charge in [-0.2, -0.15) is 17.4 Å². The quantitative estimate of drug-likeness (QED) is 0.227. The van der Waals surface area contributed by atoms with Gasteiger partial charge in [-0.1, -0.05) is 33.8 Å². The molecule has 218 valence electrons. The molecule has 14 heteroatoms. The molecule has 6 atom stereocenters. The van der Waals surface area contributed by atoms with E-state index in [-0.39, 0.29) is 112 Å². The third-order valence-electron chi connectivity index (χ3n) is 7.04. The van der Waals surface area contributed by atoms with Gasteiger partial charge in [0.25, 0.3) is 0 Å². The third kappa shape index (κ3) is 9.52. The van der Waals surface area contributed by atoms with Crippen LogP contribution in [-0.4, -0.2) is 70.7 Å². The zero-order valence-corrected chi connectivity index (χ0v) is 31.5. The van der Waals surface area contributed by atoms with Gasteiger partial charge in [0, 0.05) is 88.0 Å². The molecule has 0 bridgehead atoms. The van der Waals surface area contributed by atoms with Gasteiger partial charge in [-0.05, 0) is 30.7 Å². The van der Waals surface area contributed by atoms with Crippen molar-refractivity contribution in [1.29, 1.82) is 0 Å². The normalized spacial score (nSPS) is 26.3. The molecule has 1 heterocycles. The number of amides is 2. The number of ether oxygens (including phenoxy) is 4. The fourth-order valence-electron chi connectivity index (χ4n) is 3.80. The molecule has 1 saturated heterocycles. The maximum absolute atomic E-state index is 12.8. The molecule has 0 aromatic heterocycles. The molecule has 0 spiro atoms. The van der Waals surface area contributed by atoms with Crippen molar-refractivity contribution in [3.63, 3.8) is 0 Å². The first kappa shape index (κ1) is 40.0. The van der Waals surface area contributed by atoms with Crippen LogP contribution < -0.4 is 14.8 Å². The van der Waals surface area contributed by atoms with Crippen LogP contribution in [0, 0.1) is 55.5 Å². The molecular formula is C26H35N2O9UVY-3. The molecule has 1 aliphatic heterocycles. The molecular weight excluding hydrogens is 862 g/mol.